The number of hydrogen-bond donors (Lipinski definition) is 0. The van der Waals surface area contributed by atoms with Crippen molar-refractivity contribution in [3.63, 3.8) is 0 Å². The van der Waals surface area contributed by atoms with Gasteiger partial charge in [0.25, 0.3) is 6.33 Å². The van der Waals surface area contributed by atoms with Crippen LogP contribution < -0.4 is 9.30 Å². The fraction of sp³-hybridized carbons (Fsp3) is 0.471. The maximum absolute atomic E-state index is 5.82. The molecule has 0 saturated carbocycles. The van der Waals surface area contributed by atoms with Gasteiger partial charge in [0.15, 0.2) is 6.20 Å². The Labute approximate surface area is 120 Å². The van der Waals surface area contributed by atoms with E-state index in [1.165, 1.54) is 22.4 Å². The molecule has 1 aromatic heterocycles. The zero-order valence-corrected chi connectivity index (χ0v) is 13.0. The number of imidazole rings is 1. The van der Waals surface area contributed by atoms with Gasteiger partial charge >= 0.3 is 5.88 Å². The second kappa shape index (κ2) is 4.65. The Hall–Kier alpha value is -1.77. The van der Waals surface area contributed by atoms with Crippen molar-refractivity contribution >= 4 is 0 Å². The summed E-state index contributed by atoms with van der Waals surface area (Å²) in [7, 11) is 0. The smallest absolute Gasteiger partial charge is 0.325 e. The molecule has 1 aliphatic rings. The first-order chi connectivity index (χ1) is 9.47. The van der Waals surface area contributed by atoms with Gasteiger partial charge in [-0.2, -0.15) is 9.13 Å². The van der Waals surface area contributed by atoms with Gasteiger partial charge in [-0.15, -0.1) is 0 Å². The Bertz CT molecular complexity index is 632. The molecule has 0 amide bonds. The van der Waals surface area contributed by atoms with E-state index < -0.39 is 0 Å². The summed E-state index contributed by atoms with van der Waals surface area (Å²) < 4.78 is 10.3. The highest BCUT2D eigenvalue weighted by atomic mass is 16.5. The molecule has 0 spiro atoms. The van der Waals surface area contributed by atoms with E-state index in [2.05, 4.69) is 68.4 Å². The molecule has 1 atom stereocenters. The normalized spacial score (nSPS) is 17.4. The minimum atomic E-state index is 0.442. The predicted molar refractivity (Wildman–Crippen MR) is 79.5 cm³/mol. The molecule has 0 bridgehead atoms. The Balaban J connectivity index is 2.08. The largest absolute Gasteiger partial charge is 0.455 e. The molecule has 1 aliphatic heterocycles. The molecule has 2 aromatic rings. The molecule has 0 aliphatic carbocycles. The van der Waals surface area contributed by atoms with Gasteiger partial charge in [-0.1, -0.05) is 31.5 Å². The molecular weight excluding hydrogens is 248 g/mol. The molecule has 20 heavy (non-hydrogen) atoms. The fourth-order valence-electron chi connectivity index (χ4n) is 3.24. The standard InChI is InChI=1S/C17H23N2O/c1-11(2)15-9-20-16-8-18(10-19(15)16)17-13(4)6-12(3)7-14(17)5/h6-8,10-11,15H,9H2,1-5H3/q+1/t15-/m1/s1. The molecule has 3 nitrogen and oxygen atoms in total. The number of rotatable bonds is 2. The van der Waals surface area contributed by atoms with Crippen LogP contribution in [0.3, 0.4) is 0 Å². The molecule has 0 unspecified atom stereocenters. The van der Waals surface area contributed by atoms with Gasteiger partial charge < -0.3 is 4.74 Å². The van der Waals surface area contributed by atoms with E-state index in [-0.39, 0.29) is 0 Å². The van der Waals surface area contributed by atoms with Crippen molar-refractivity contribution in [2.24, 2.45) is 5.92 Å². The molecule has 106 valence electrons. The number of benzene rings is 1. The first-order valence-electron chi connectivity index (χ1n) is 7.31. The van der Waals surface area contributed by atoms with E-state index >= 15 is 0 Å². The number of nitrogens with zero attached hydrogens (tertiary/aromatic N) is 2. The third-order valence-electron chi connectivity index (χ3n) is 4.18. The average molecular weight is 271 g/mol. The van der Waals surface area contributed by atoms with E-state index in [0.29, 0.717) is 12.0 Å². The number of ether oxygens (including phenoxy) is 1. The Kier molecular flexibility index (Phi) is 3.08. The summed E-state index contributed by atoms with van der Waals surface area (Å²) in [6.45, 7) is 11.8. The van der Waals surface area contributed by atoms with Crippen LogP contribution in [0, 0.1) is 26.7 Å². The van der Waals surface area contributed by atoms with Crippen LogP contribution in [0.1, 0.15) is 36.6 Å². The zero-order chi connectivity index (χ0) is 14.4. The van der Waals surface area contributed by atoms with E-state index in [0.717, 1.165) is 12.5 Å². The molecule has 0 radical (unpaired) electrons. The summed E-state index contributed by atoms with van der Waals surface area (Å²) in [6, 6.07) is 4.91. The summed E-state index contributed by atoms with van der Waals surface area (Å²) in [5, 5.41) is 0. The maximum atomic E-state index is 5.82. The average Bonchev–Trinajstić information content (AvgIpc) is 2.86. The molecule has 0 saturated heterocycles. The Morgan fingerprint density at radius 2 is 1.85 bits per heavy atom. The minimum Gasteiger partial charge on any atom is -0.455 e. The second-order valence-corrected chi connectivity index (χ2v) is 6.27. The van der Waals surface area contributed by atoms with Gasteiger partial charge in [-0.05, 0) is 37.8 Å². The first-order valence-corrected chi connectivity index (χ1v) is 7.31. The van der Waals surface area contributed by atoms with Crippen molar-refractivity contribution in [3.8, 4) is 11.6 Å². The highest BCUT2D eigenvalue weighted by Gasteiger charge is 2.34. The van der Waals surface area contributed by atoms with Gasteiger partial charge in [-0.3, -0.25) is 0 Å². The summed E-state index contributed by atoms with van der Waals surface area (Å²) in [5.41, 5.74) is 5.19. The molecule has 1 aromatic carbocycles. The summed E-state index contributed by atoms with van der Waals surface area (Å²) in [6.07, 6.45) is 4.28. The molecule has 0 N–H and O–H groups in total. The van der Waals surface area contributed by atoms with Crippen LogP contribution in [0.25, 0.3) is 5.69 Å². The Morgan fingerprint density at radius 1 is 1.20 bits per heavy atom. The lowest BCUT2D eigenvalue weighted by molar-refractivity contribution is -0.710. The first kappa shape index (κ1) is 13.2. The van der Waals surface area contributed by atoms with Crippen molar-refractivity contribution in [2.45, 2.75) is 40.7 Å². The van der Waals surface area contributed by atoms with Gasteiger partial charge in [0.2, 0.25) is 0 Å². The minimum absolute atomic E-state index is 0.442. The number of aromatic nitrogens is 2. The molecule has 0 fully saturated rings. The lowest BCUT2D eigenvalue weighted by Crippen LogP contribution is -2.38. The maximum Gasteiger partial charge on any atom is 0.325 e. The van der Waals surface area contributed by atoms with Gasteiger partial charge in [0.1, 0.15) is 18.3 Å². The van der Waals surface area contributed by atoms with Crippen LogP contribution in [0.2, 0.25) is 0 Å². The topological polar surface area (TPSA) is 18.0 Å². The highest BCUT2D eigenvalue weighted by Crippen LogP contribution is 2.27. The van der Waals surface area contributed by atoms with E-state index in [1.54, 1.807) is 0 Å². The third kappa shape index (κ3) is 2.01. The van der Waals surface area contributed by atoms with Gasteiger partial charge in [-0.25, -0.2) is 0 Å². The monoisotopic (exact) mass is 271 g/mol. The second-order valence-electron chi connectivity index (χ2n) is 6.27. The molecule has 3 heteroatoms. The highest BCUT2D eigenvalue weighted by molar-refractivity contribution is 5.49. The van der Waals surface area contributed by atoms with Gasteiger partial charge in [0.05, 0.1) is 0 Å². The summed E-state index contributed by atoms with van der Waals surface area (Å²) >= 11 is 0. The van der Waals surface area contributed by atoms with E-state index in [9.17, 15) is 0 Å². The van der Waals surface area contributed by atoms with Crippen LogP contribution in [0.4, 0.5) is 0 Å². The lowest BCUT2D eigenvalue weighted by Gasteiger charge is -2.10. The summed E-state index contributed by atoms with van der Waals surface area (Å²) in [4.78, 5) is 0. The zero-order valence-electron chi connectivity index (χ0n) is 13.0. The van der Waals surface area contributed by atoms with E-state index in [1.807, 2.05) is 0 Å². The number of aryl methyl sites for hydroxylation is 3. The SMILES string of the molecule is Cc1cc(C)c(-n2cc3[n+](c2)[C@@H](C(C)C)CO3)c(C)c1. The van der Waals surface area contributed by atoms with Crippen LogP contribution >= 0.6 is 0 Å². The Morgan fingerprint density at radius 3 is 2.45 bits per heavy atom. The van der Waals surface area contributed by atoms with Crippen molar-refractivity contribution < 1.29 is 9.30 Å². The van der Waals surface area contributed by atoms with Crippen LogP contribution in [0.5, 0.6) is 5.88 Å². The molecule has 2 heterocycles. The molecular formula is C17H23N2O+. The van der Waals surface area contributed by atoms with Gasteiger partial charge in [0, 0.05) is 0 Å². The lowest BCUT2D eigenvalue weighted by atomic mass is 10.1. The summed E-state index contributed by atoms with van der Waals surface area (Å²) in [5.74, 6) is 1.56. The predicted octanol–water partition coefficient (Wildman–Crippen LogP) is 3.28. The van der Waals surface area contributed by atoms with Crippen molar-refractivity contribution in [3.05, 3.63) is 41.3 Å². The quantitative estimate of drug-likeness (QED) is 0.767. The number of hydrogen-bond acceptors (Lipinski definition) is 1. The van der Waals surface area contributed by atoms with E-state index in [4.69, 9.17) is 4.74 Å². The van der Waals surface area contributed by atoms with Crippen molar-refractivity contribution in [2.75, 3.05) is 6.61 Å². The fourth-order valence-corrected chi connectivity index (χ4v) is 3.24. The van der Waals surface area contributed by atoms with Crippen LogP contribution in [-0.2, 0) is 0 Å². The third-order valence-corrected chi connectivity index (χ3v) is 4.18. The van der Waals surface area contributed by atoms with Crippen LogP contribution in [0.15, 0.2) is 24.7 Å². The van der Waals surface area contributed by atoms with Crippen molar-refractivity contribution in [1.82, 2.24) is 4.57 Å². The van der Waals surface area contributed by atoms with Crippen molar-refractivity contribution in [1.29, 1.82) is 0 Å². The van der Waals surface area contributed by atoms with Crippen LogP contribution in [-0.4, -0.2) is 11.2 Å². The number of fused-ring (bicyclic) bond motifs is 1. The molecule has 3 rings (SSSR count).